The number of rotatable bonds is 7. The number of nitrogens with one attached hydrogen (secondary N) is 2. The van der Waals surface area contributed by atoms with Crippen molar-refractivity contribution in [1.29, 1.82) is 0 Å². The molecule has 0 aromatic heterocycles. The first-order chi connectivity index (χ1) is 14.5. The molecule has 3 rings (SSSR count). The van der Waals surface area contributed by atoms with Crippen LogP contribution in [0.1, 0.15) is 12.0 Å². The van der Waals surface area contributed by atoms with Crippen LogP contribution in [0.25, 0.3) is 0 Å². The zero-order valence-electron chi connectivity index (χ0n) is 17.6. The van der Waals surface area contributed by atoms with Crippen LogP contribution >= 0.6 is 0 Å². The van der Waals surface area contributed by atoms with E-state index in [0.717, 1.165) is 30.2 Å². The first-order valence-corrected chi connectivity index (χ1v) is 9.98. The minimum Gasteiger partial charge on any atom is -0.433 e. The molecule has 0 bridgehead atoms. The molecule has 6 nitrogen and oxygen atoms in total. The molecular formula is C22H29F2N5O. The van der Waals surface area contributed by atoms with Gasteiger partial charge in [0, 0.05) is 52.5 Å². The molecule has 0 saturated carbocycles. The van der Waals surface area contributed by atoms with Crippen LogP contribution in [0.15, 0.2) is 53.5 Å². The van der Waals surface area contributed by atoms with Gasteiger partial charge in [-0.3, -0.25) is 4.99 Å². The highest BCUT2D eigenvalue weighted by molar-refractivity contribution is 5.80. The van der Waals surface area contributed by atoms with Crippen molar-refractivity contribution in [3.63, 3.8) is 0 Å². The predicted octanol–water partition coefficient (Wildman–Crippen LogP) is 3.30. The van der Waals surface area contributed by atoms with Crippen molar-refractivity contribution in [3.8, 4) is 5.75 Å². The number of hydrogen-bond donors (Lipinski definition) is 2. The maximum absolute atomic E-state index is 12.7. The van der Waals surface area contributed by atoms with Crippen LogP contribution in [0.5, 0.6) is 5.75 Å². The minimum atomic E-state index is -2.84. The van der Waals surface area contributed by atoms with Gasteiger partial charge in [0.25, 0.3) is 0 Å². The van der Waals surface area contributed by atoms with Gasteiger partial charge >= 0.3 is 6.61 Å². The second-order valence-corrected chi connectivity index (χ2v) is 7.41. The normalized spacial score (nSPS) is 16.7. The van der Waals surface area contributed by atoms with E-state index in [1.807, 2.05) is 26.2 Å². The fourth-order valence-corrected chi connectivity index (χ4v) is 3.50. The van der Waals surface area contributed by atoms with Crippen LogP contribution in [0, 0.1) is 0 Å². The Hall–Kier alpha value is -3.03. The highest BCUT2D eigenvalue weighted by atomic mass is 19.3. The Balaban J connectivity index is 1.54. The average Bonchev–Trinajstić information content (AvgIpc) is 3.19. The molecule has 30 heavy (non-hydrogen) atoms. The number of alkyl halides is 2. The molecule has 1 saturated heterocycles. The Morgan fingerprint density at radius 2 is 1.93 bits per heavy atom. The molecule has 2 aromatic rings. The lowest BCUT2D eigenvalue weighted by Crippen LogP contribution is -2.44. The summed E-state index contributed by atoms with van der Waals surface area (Å²) in [6, 6.07) is 15.4. The third kappa shape index (κ3) is 5.75. The Kier molecular flexibility index (Phi) is 7.32. The lowest BCUT2D eigenvalue weighted by molar-refractivity contribution is -0.0495. The van der Waals surface area contributed by atoms with Crippen LogP contribution in [0.4, 0.5) is 20.2 Å². The fourth-order valence-electron chi connectivity index (χ4n) is 3.50. The topological polar surface area (TPSA) is 52.1 Å². The van der Waals surface area contributed by atoms with E-state index in [0.29, 0.717) is 18.8 Å². The summed E-state index contributed by atoms with van der Waals surface area (Å²) >= 11 is 0. The first kappa shape index (κ1) is 21.7. The smallest absolute Gasteiger partial charge is 0.387 e. The Labute approximate surface area is 176 Å². The van der Waals surface area contributed by atoms with Gasteiger partial charge in [0.05, 0.1) is 5.69 Å². The van der Waals surface area contributed by atoms with Crippen molar-refractivity contribution in [1.82, 2.24) is 10.6 Å². The van der Waals surface area contributed by atoms with Gasteiger partial charge in [0.1, 0.15) is 5.75 Å². The average molecular weight is 418 g/mol. The van der Waals surface area contributed by atoms with E-state index in [1.54, 1.807) is 19.2 Å². The van der Waals surface area contributed by atoms with Gasteiger partial charge in [-0.2, -0.15) is 8.78 Å². The maximum atomic E-state index is 12.7. The van der Waals surface area contributed by atoms with Gasteiger partial charge in [-0.15, -0.1) is 0 Å². The summed E-state index contributed by atoms with van der Waals surface area (Å²) in [5, 5.41) is 6.76. The SMILES string of the molecule is CN=C(NCc1ccc(N(C)C)cc1)NC1CCN(c2ccccc2OC(F)F)C1. The van der Waals surface area contributed by atoms with Gasteiger partial charge in [-0.25, -0.2) is 0 Å². The van der Waals surface area contributed by atoms with E-state index < -0.39 is 6.61 Å². The lowest BCUT2D eigenvalue weighted by atomic mass is 10.2. The monoisotopic (exact) mass is 417 g/mol. The van der Waals surface area contributed by atoms with E-state index in [1.165, 1.54) is 0 Å². The second kappa shape index (κ2) is 10.1. The molecule has 0 aliphatic carbocycles. The van der Waals surface area contributed by atoms with Crippen molar-refractivity contribution in [2.45, 2.75) is 25.6 Å². The standard InChI is InChI=1S/C22H29F2N5O/c1-25-22(26-14-16-8-10-18(11-9-16)28(2)3)27-17-12-13-29(15-17)19-6-4-5-7-20(19)30-21(23)24/h4-11,17,21H,12-15H2,1-3H3,(H2,25,26,27). The van der Waals surface area contributed by atoms with Crippen LogP contribution in [-0.4, -0.2) is 52.8 Å². The third-order valence-electron chi connectivity index (χ3n) is 5.09. The van der Waals surface area contributed by atoms with Crippen LogP contribution in [-0.2, 0) is 6.54 Å². The largest absolute Gasteiger partial charge is 0.433 e. The first-order valence-electron chi connectivity index (χ1n) is 9.98. The summed E-state index contributed by atoms with van der Waals surface area (Å²) in [5.41, 5.74) is 3.00. The van der Waals surface area contributed by atoms with Gasteiger partial charge in [-0.05, 0) is 36.2 Å². The Morgan fingerprint density at radius 1 is 1.20 bits per heavy atom. The molecular weight excluding hydrogens is 388 g/mol. The number of anilines is 2. The zero-order chi connectivity index (χ0) is 21.5. The third-order valence-corrected chi connectivity index (χ3v) is 5.09. The number of guanidine groups is 1. The van der Waals surface area contributed by atoms with E-state index in [4.69, 9.17) is 0 Å². The number of halogens is 2. The van der Waals surface area contributed by atoms with E-state index in [-0.39, 0.29) is 11.8 Å². The maximum Gasteiger partial charge on any atom is 0.387 e. The van der Waals surface area contributed by atoms with E-state index in [2.05, 4.69) is 54.4 Å². The summed E-state index contributed by atoms with van der Waals surface area (Å²) in [4.78, 5) is 8.43. The molecule has 1 atom stereocenters. The molecule has 1 aliphatic rings. The number of hydrogen-bond acceptors (Lipinski definition) is 4. The zero-order valence-corrected chi connectivity index (χ0v) is 17.6. The molecule has 1 aliphatic heterocycles. The van der Waals surface area contributed by atoms with Crippen LogP contribution in [0.3, 0.4) is 0 Å². The van der Waals surface area contributed by atoms with Crippen molar-refractivity contribution >= 4 is 17.3 Å². The van der Waals surface area contributed by atoms with E-state index >= 15 is 0 Å². The number of aliphatic imine (C=N–C) groups is 1. The molecule has 0 amide bonds. The van der Waals surface area contributed by atoms with Crippen molar-refractivity contribution in [3.05, 3.63) is 54.1 Å². The molecule has 8 heteroatoms. The van der Waals surface area contributed by atoms with Gasteiger partial charge in [0.2, 0.25) is 0 Å². The van der Waals surface area contributed by atoms with E-state index in [9.17, 15) is 8.78 Å². The predicted molar refractivity (Wildman–Crippen MR) is 118 cm³/mol. The summed E-state index contributed by atoms with van der Waals surface area (Å²) in [6.07, 6.45) is 0.876. The number of nitrogens with zero attached hydrogens (tertiary/aromatic N) is 3. The van der Waals surface area contributed by atoms with Gasteiger partial charge in [0.15, 0.2) is 5.96 Å². The highest BCUT2D eigenvalue weighted by Gasteiger charge is 2.26. The lowest BCUT2D eigenvalue weighted by Gasteiger charge is -2.22. The molecule has 1 unspecified atom stereocenters. The quantitative estimate of drug-likeness (QED) is 0.535. The summed E-state index contributed by atoms with van der Waals surface area (Å²) in [7, 11) is 5.77. The summed E-state index contributed by atoms with van der Waals surface area (Å²) in [6.45, 7) is -0.737. The number of ether oxygens (including phenoxy) is 1. The summed E-state index contributed by atoms with van der Waals surface area (Å²) in [5.74, 6) is 0.924. The van der Waals surface area contributed by atoms with Crippen molar-refractivity contribution in [2.75, 3.05) is 44.0 Å². The molecule has 0 spiro atoms. The minimum absolute atomic E-state index is 0.159. The summed E-state index contributed by atoms with van der Waals surface area (Å²) < 4.78 is 30.0. The van der Waals surface area contributed by atoms with Crippen LogP contribution in [0.2, 0.25) is 0 Å². The number of benzene rings is 2. The Bertz CT molecular complexity index is 842. The highest BCUT2D eigenvalue weighted by Crippen LogP contribution is 2.31. The molecule has 162 valence electrons. The number of para-hydroxylation sites is 2. The second-order valence-electron chi connectivity index (χ2n) is 7.41. The fraction of sp³-hybridized carbons (Fsp3) is 0.409. The molecule has 0 radical (unpaired) electrons. The van der Waals surface area contributed by atoms with Gasteiger partial charge < -0.3 is 25.2 Å². The Morgan fingerprint density at radius 3 is 2.60 bits per heavy atom. The van der Waals surface area contributed by atoms with Gasteiger partial charge in [-0.1, -0.05) is 24.3 Å². The van der Waals surface area contributed by atoms with Crippen LogP contribution < -0.4 is 25.2 Å². The van der Waals surface area contributed by atoms with Crippen molar-refractivity contribution in [2.24, 2.45) is 4.99 Å². The molecule has 1 heterocycles. The molecule has 2 aromatic carbocycles. The molecule has 1 fully saturated rings. The molecule has 2 N–H and O–H groups in total. The van der Waals surface area contributed by atoms with Crippen molar-refractivity contribution < 1.29 is 13.5 Å².